The Balaban J connectivity index is 2.38. The quantitative estimate of drug-likeness (QED) is 0.873. The Morgan fingerprint density at radius 1 is 1.33 bits per heavy atom. The molecule has 2 N–H and O–H groups in total. The number of nitrogens with two attached hydrogens (primary N) is 1. The van der Waals surface area contributed by atoms with E-state index in [0.717, 1.165) is 15.9 Å². The molecule has 0 saturated heterocycles. The second-order valence-corrected chi connectivity index (χ2v) is 6.87. The maximum Gasteiger partial charge on any atom is 0.246 e. The van der Waals surface area contributed by atoms with Crippen LogP contribution in [-0.4, -0.2) is 24.8 Å². The van der Waals surface area contributed by atoms with Crippen LogP contribution in [0.3, 0.4) is 0 Å². The Kier molecular flexibility index (Phi) is 4.46. The molecule has 0 radical (unpaired) electrons. The number of aromatic nitrogens is 1. The van der Waals surface area contributed by atoms with E-state index < -0.39 is 20.7 Å². The fraction of sp³-hybridized carbons (Fsp3) is 0.154. The van der Waals surface area contributed by atoms with E-state index in [1.54, 1.807) is 24.5 Å². The number of anilines is 1. The van der Waals surface area contributed by atoms with Crippen LogP contribution >= 0.6 is 11.6 Å². The van der Waals surface area contributed by atoms with Crippen LogP contribution in [-0.2, 0) is 16.6 Å². The number of pyridine rings is 1. The van der Waals surface area contributed by atoms with Gasteiger partial charge in [-0.15, -0.1) is 0 Å². The molecule has 2 rings (SSSR count). The molecule has 2 aromatic rings. The zero-order valence-corrected chi connectivity index (χ0v) is 12.7. The molecule has 0 aliphatic carbocycles. The monoisotopic (exact) mass is 329 g/mol. The largest absolute Gasteiger partial charge is 0.396 e. The second kappa shape index (κ2) is 5.97. The van der Waals surface area contributed by atoms with E-state index in [4.69, 9.17) is 17.3 Å². The van der Waals surface area contributed by atoms with Crippen LogP contribution in [0.1, 0.15) is 5.56 Å². The number of sulfonamides is 1. The van der Waals surface area contributed by atoms with Crippen LogP contribution in [0.15, 0.2) is 41.6 Å². The lowest BCUT2D eigenvalue weighted by molar-refractivity contribution is 0.460. The molecule has 0 bridgehead atoms. The molecular weight excluding hydrogens is 317 g/mol. The highest BCUT2D eigenvalue weighted by molar-refractivity contribution is 7.89. The summed E-state index contributed by atoms with van der Waals surface area (Å²) in [6.07, 6.45) is 3.10. The van der Waals surface area contributed by atoms with Gasteiger partial charge in [0.2, 0.25) is 10.0 Å². The van der Waals surface area contributed by atoms with Crippen LogP contribution in [0.4, 0.5) is 10.1 Å². The summed E-state index contributed by atoms with van der Waals surface area (Å²) in [7, 11) is -2.69. The summed E-state index contributed by atoms with van der Waals surface area (Å²) in [5.74, 6) is -0.999. The van der Waals surface area contributed by atoms with Gasteiger partial charge in [0.05, 0.1) is 5.69 Å². The molecular formula is C13H13ClFN3O2S. The first-order valence-corrected chi connectivity index (χ1v) is 7.74. The lowest BCUT2D eigenvalue weighted by Crippen LogP contribution is -2.27. The third kappa shape index (κ3) is 3.31. The summed E-state index contributed by atoms with van der Waals surface area (Å²) in [6, 6.07) is 5.56. The normalized spacial score (nSPS) is 11.8. The van der Waals surface area contributed by atoms with Gasteiger partial charge in [0.15, 0.2) is 5.82 Å². The van der Waals surface area contributed by atoms with E-state index in [9.17, 15) is 12.8 Å². The zero-order chi connectivity index (χ0) is 15.6. The third-order valence-corrected chi connectivity index (χ3v) is 4.90. The first-order chi connectivity index (χ1) is 9.82. The van der Waals surface area contributed by atoms with Gasteiger partial charge in [-0.1, -0.05) is 11.6 Å². The van der Waals surface area contributed by atoms with Gasteiger partial charge < -0.3 is 5.73 Å². The lowest BCUT2D eigenvalue weighted by atomic mass is 10.3. The van der Waals surface area contributed by atoms with Crippen LogP contribution < -0.4 is 5.73 Å². The van der Waals surface area contributed by atoms with Crippen molar-refractivity contribution in [2.75, 3.05) is 12.8 Å². The van der Waals surface area contributed by atoms with E-state index >= 15 is 0 Å². The predicted octanol–water partition coefficient (Wildman–Crippen LogP) is 2.28. The number of nitrogen functional groups attached to an aromatic ring is 1. The molecule has 0 aliphatic rings. The molecule has 1 aromatic heterocycles. The number of nitrogens with zero attached hydrogens (tertiary/aromatic N) is 2. The Labute approximate surface area is 127 Å². The van der Waals surface area contributed by atoms with Crippen molar-refractivity contribution < 1.29 is 12.8 Å². The number of halogens is 2. The van der Waals surface area contributed by atoms with Gasteiger partial charge in [0, 0.05) is 31.0 Å². The average Bonchev–Trinajstić information content (AvgIpc) is 2.43. The Morgan fingerprint density at radius 3 is 2.57 bits per heavy atom. The first-order valence-electron chi connectivity index (χ1n) is 5.92. The fourth-order valence-corrected chi connectivity index (χ4v) is 3.34. The van der Waals surface area contributed by atoms with Crippen LogP contribution in [0, 0.1) is 5.82 Å². The highest BCUT2D eigenvalue weighted by Crippen LogP contribution is 2.27. The molecule has 5 nitrogen and oxygen atoms in total. The van der Waals surface area contributed by atoms with Crippen LogP contribution in [0.5, 0.6) is 0 Å². The summed E-state index contributed by atoms with van der Waals surface area (Å²) < 4.78 is 39.8. The highest BCUT2D eigenvalue weighted by atomic mass is 35.5. The van der Waals surface area contributed by atoms with Gasteiger partial charge in [-0.05, 0) is 29.8 Å². The molecule has 8 heteroatoms. The Morgan fingerprint density at radius 2 is 1.95 bits per heavy atom. The van der Waals surface area contributed by atoms with E-state index in [1.165, 1.54) is 13.1 Å². The van der Waals surface area contributed by atoms with E-state index in [2.05, 4.69) is 4.98 Å². The van der Waals surface area contributed by atoms with E-state index in [-0.39, 0.29) is 17.3 Å². The minimum Gasteiger partial charge on any atom is -0.396 e. The number of rotatable bonds is 4. The Hall–Kier alpha value is -1.70. The van der Waals surface area contributed by atoms with Crippen molar-refractivity contribution in [3.63, 3.8) is 0 Å². The van der Waals surface area contributed by atoms with Crippen molar-refractivity contribution in [2.24, 2.45) is 0 Å². The smallest absolute Gasteiger partial charge is 0.246 e. The summed E-state index contributed by atoms with van der Waals surface area (Å²) in [6.45, 7) is 0.0801. The third-order valence-electron chi connectivity index (χ3n) is 2.87. The van der Waals surface area contributed by atoms with Gasteiger partial charge in [-0.2, -0.15) is 4.31 Å². The number of benzene rings is 1. The van der Waals surface area contributed by atoms with Crippen molar-refractivity contribution >= 4 is 27.3 Å². The minimum absolute atomic E-state index is 0.0600. The van der Waals surface area contributed by atoms with Gasteiger partial charge in [-0.25, -0.2) is 12.8 Å². The van der Waals surface area contributed by atoms with E-state index in [1.807, 2.05) is 0 Å². The van der Waals surface area contributed by atoms with Crippen molar-refractivity contribution in [1.82, 2.24) is 9.29 Å². The summed E-state index contributed by atoms with van der Waals surface area (Å²) >= 11 is 5.76. The SMILES string of the molecule is CN(Cc1ccncc1)S(=O)(=O)c1cc(Cl)cc(N)c1F. The molecule has 0 unspecified atom stereocenters. The average molecular weight is 330 g/mol. The van der Waals surface area contributed by atoms with Crippen molar-refractivity contribution in [3.8, 4) is 0 Å². The molecule has 1 heterocycles. The number of hydrogen-bond acceptors (Lipinski definition) is 4. The predicted molar refractivity (Wildman–Crippen MR) is 78.7 cm³/mol. The topological polar surface area (TPSA) is 76.3 Å². The standard InChI is InChI=1S/C13H13ClFN3O2S/c1-18(8-9-2-4-17-5-3-9)21(19,20)12-7-10(14)6-11(16)13(12)15/h2-7H,8,16H2,1H3. The zero-order valence-electron chi connectivity index (χ0n) is 11.1. The molecule has 0 aliphatic heterocycles. The van der Waals surface area contributed by atoms with Crippen molar-refractivity contribution in [3.05, 3.63) is 53.1 Å². The number of hydrogen-bond donors (Lipinski definition) is 1. The molecule has 112 valence electrons. The molecule has 0 amide bonds. The maximum atomic E-state index is 14.0. The van der Waals surface area contributed by atoms with Gasteiger partial charge in [-0.3, -0.25) is 4.98 Å². The van der Waals surface area contributed by atoms with E-state index in [0.29, 0.717) is 0 Å². The molecule has 0 fully saturated rings. The van der Waals surface area contributed by atoms with Crippen LogP contribution in [0.25, 0.3) is 0 Å². The molecule has 21 heavy (non-hydrogen) atoms. The summed E-state index contributed by atoms with van der Waals surface area (Å²) in [5.41, 5.74) is 5.84. The highest BCUT2D eigenvalue weighted by Gasteiger charge is 2.26. The fourth-order valence-electron chi connectivity index (χ4n) is 1.77. The molecule has 1 aromatic carbocycles. The van der Waals surface area contributed by atoms with Crippen molar-refractivity contribution in [1.29, 1.82) is 0 Å². The summed E-state index contributed by atoms with van der Waals surface area (Å²) in [5, 5.41) is 0.0600. The van der Waals surface area contributed by atoms with Gasteiger partial charge in [0.25, 0.3) is 0 Å². The lowest BCUT2D eigenvalue weighted by Gasteiger charge is -2.18. The molecule has 0 spiro atoms. The Bertz CT molecular complexity index is 754. The second-order valence-electron chi connectivity index (χ2n) is 4.42. The van der Waals surface area contributed by atoms with Crippen molar-refractivity contribution in [2.45, 2.75) is 11.4 Å². The maximum absolute atomic E-state index is 14.0. The molecule has 0 atom stereocenters. The summed E-state index contributed by atoms with van der Waals surface area (Å²) in [4.78, 5) is 3.31. The van der Waals surface area contributed by atoms with Gasteiger partial charge >= 0.3 is 0 Å². The van der Waals surface area contributed by atoms with Crippen LogP contribution in [0.2, 0.25) is 5.02 Å². The molecule has 0 saturated carbocycles. The minimum atomic E-state index is -4.04. The van der Waals surface area contributed by atoms with Gasteiger partial charge in [0.1, 0.15) is 4.90 Å². The first kappa shape index (κ1) is 15.7.